The summed E-state index contributed by atoms with van der Waals surface area (Å²) in [4.78, 5) is 4.36. The number of hydrogen-bond donors (Lipinski definition) is 0. The average molecular weight is 289 g/mol. The average Bonchev–Trinajstić information content (AvgIpc) is 2.69. The zero-order chi connectivity index (χ0) is 13.3. The first-order chi connectivity index (χ1) is 8.41. The van der Waals surface area contributed by atoms with Gasteiger partial charge in [-0.3, -0.25) is 0 Å². The predicted molar refractivity (Wildman–Crippen MR) is 69.1 cm³/mol. The second kappa shape index (κ2) is 4.93. The van der Waals surface area contributed by atoms with Crippen molar-refractivity contribution in [1.29, 1.82) is 0 Å². The molecule has 0 radical (unpaired) electrons. The number of hydrogen-bond acceptors (Lipinski definition) is 3. The number of thioether (sulfide) groups is 1. The van der Waals surface area contributed by atoms with Crippen LogP contribution in [-0.4, -0.2) is 11.2 Å². The van der Waals surface area contributed by atoms with Gasteiger partial charge in [0.15, 0.2) is 0 Å². The molecule has 0 N–H and O–H groups in total. The van der Waals surface area contributed by atoms with E-state index in [0.29, 0.717) is 0 Å². The quantitative estimate of drug-likeness (QED) is 0.732. The predicted octanol–water partition coefficient (Wildman–Crippen LogP) is 4.86. The van der Waals surface area contributed by atoms with E-state index in [0.717, 1.165) is 32.6 Å². The van der Waals surface area contributed by atoms with E-state index in [4.69, 9.17) is 0 Å². The Bertz CT molecular complexity index is 543. The molecule has 0 aliphatic carbocycles. The Morgan fingerprint density at radius 3 is 2.22 bits per heavy atom. The molecule has 0 spiro atoms. The lowest BCUT2D eigenvalue weighted by Crippen LogP contribution is -2.03. The van der Waals surface area contributed by atoms with Crippen LogP contribution in [-0.2, 0) is 6.18 Å². The normalized spacial score (nSPS) is 11.8. The van der Waals surface area contributed by atoms with Gasteiger partial charge in [0.05, 0.1) is 15.5 Å². The first-order valence-corrected chi connectivity index (χ1v) is 7.15. The third-order valence-corrected chi connectivity index (χ3v) is 4.82. The molecular formula is C12H10F3NS2. The molecule has 1 nitrogen and oxygen atoms in total. The van der Waals surface area contributed by atoms with Gasteiger partial charge in [-0.15, -0.1) is 23.1 Å². The summed E-state index contributed by atoms with van der Waals surface area (Å²) in [6, 6.07) is 5.10. The third-order valence-electron chi connectivity index (χ3n) is 2.40. The van der Waals surface area contributed by atoms with Gasteiger partial charge in [-0.2, -0.15) is 13.2 Å². The molecular weight excluding hydrogens is 279 g/mol. The van der Waals surface area contributed by atoms with Crippen molar-refractivity contribution in [3.63, 3.8) is 0 Å². The van der Waals surface area contributed by atoms with Crippen molar-refractivity contribution in [3.05, 3.63) is 35.5 Å². The fraction of sp³-hybridized carbons (Fsp3) is 0.250. The monoisotopic (exact) mass is 289 g/mol. The van der Waals surface area contributed by atoms with E-state index < -0.39 is 11.7 Å². The standard InChI is InChI=1S/C12H10F3NS2/c1-7-11(17-2)18-10(16-7)8-3-5-9(6-4-8)12(13,14)15/h3-6H,1-2H3. The molecule has 0 amide bonds. The summed E-state index contributed by atoms with van der Waals surface area (Å²) in [5.41, 5.74) is 1.00. The van der Waals surface area contributed by atoms with Crippen LogP contribution in [0.25, 0.3) is 10.6 Å². The van der Waals surface area contributed by atoms with Crippen LogP contribution >= 0.6 is 23.1 Å². The molecule has 0 atom stereocenters. The van der Waals surface area contributed by atoms with Gasteiger partial charge in [0.1, 0.15) is 5.01 Å². The number of alkyl halides is 3. The minimum atomic E-state index is -4.29. The first kappa shape index (κ1) is 13.4. The van der Waals surface area contributed by atoms with Gasteiger partial charge >= 0.3 is 6.18 Å². The van der Waals surface area contributed by atoms with Gasteiger partial charge in [0.25, 0.3) is 0 Å². The van der Waals surface area contributed by atoms with E-state index in [-0.39, 0.29) is 0 Å². The van der Waals surface area contributed by atoms with Gasteiger partial charge in [0, 0.05) is 5.56 Å². The maximum Gasteiger partial charge on any atom is 0.416 e. The van der Waals surface area contributed by atoms with Crippen molar-refractivity contribution in [3.8, 4) is 10.6 Å². The SMILES string of the molecule is CSc1sc(-c2ccc(C(F)(F)F)cc2)nc1C. The van der Waals surface area contributed by atoms with Crippen molar-refractivity contribution in [1.82, 2.24) is 4.98 Å². The molecule has 6 heteroatoms. The van der Waals surface area contributed by atoms with Gasteiger partial charge in [-0.25, -0.2) is 4.98 Å². The van der Waals surface area contributed by atoms with Crippen LogP contribution in [0.3, 0.4) is 0 Å². The maximum atomic E-state index is 12.4. The Hall–Kier alpha value is -1.01. The lowest BCUT2D eigenvalue weighted by molar-refractivity contribution is -0.137. The van der Waals surface area contributed by atoms with Crippen molar-refractivity contribution in [2.75, 3.05) is 6.26 Å². The summed E-state index contributed by atoms with van der Waals surface area (Å²) in [7, 11) is 0. The Morgan fingerprint density at radius 1 is 1.17 bits per heavy atom. The first-order valence-electron chi connectivity index (χ1n) is 5.11. The molecule has 2 rings (SSSR count). The number of aromatic nitrogens is 1. The van der Waals surface area contributed by atoms with E-state index >= 15 is 0 Å². The maximum absolute atomic E-state index is 12.4. The lowest BCUT2D eigenvalue weighted by Gasteiger charge is -2.06. The smallest absolute Gasteiger partial charge is 0.240 e. The fourth-order valence-electron chi connectivity index (χ4n) is 1.50. The second-order valence-electron chi connectivity index (χ2n) is 3.67. The Balaban J connectivity index is 2.34. The molecule has 1 aromatic heterocycles. The summed E-state index contributed by atoms with van der Waals surface area (Å²) < 4.78 is 38.4. The van der Waals surface area contributed by atoms with Gasteiger partial charge in [0.2, 0.25) is 0 Å². The highest BCUT2D eigenvalue weighted by atomic mass is 32.2. The van der Waals surface area contributed by atoms with E-state index in [9.17, 15) is 13.2 Å². The van der Waals surface area contributed by atoms with Crippen LogP contribution in [0.15, 0.2) is 28.5 Å². The summed E-state index contributed by atoms with van der Waals surface area (Å²) in [6.45, 7) is 1.90. The zero-order valence-corrected chi connectivity index (χ0v) is 11.3. The zero-order valence-electron chi connectivity index (χ0n) is 9.71. The van der Waals surface area contributed by atoms with Gasteiger partial charge < -0.3 is 0 Å². The van der Waals surface area contributed by atoms with Crippen molar-refractivity contribution >= 4 is 23.1 Å². The molecule has 1 aromatic carbocycles. The summed E-state index contributed by atoms with van der Waals surface area (Å²) in [5.74, 6) is 0. The van der Waals surface area contributed by atoms with Gasteiger partial charge in [-0.1, -0.05) is 12.1 Å². The molecule has 0 bridgehead atoms. The number of aryl methyl sites for hydroxylation is 1. The molecule has 18 heavy (non-hydrogen) atoms. The van der Waals surface area contributed by atoms with Crippen molar-refractivity contribution in [2.45, 2.75) is 17.3 Å². The lowest BCUT2D eigenvalue weighted by atomic mass is 10.1. The molecule has 0 aliphatic heterocycles. The molecule has 96 valence electrons. The van der Waals surface area contributed by atoms with Crippen LogP contribution < -0.4 is 0 Å². The highest BCUT2D eigenvalue weighted by molar-refractivity contribution is 8.00. The van der Waals surface area contributed by atoms with Crippen LogP contribution in [0.5, 0.6) is 0 Å². The minimum absolute atomic E-state index is 0.635. The molecule has 0 saturated carbocycles. The molecule has 0 unspecified atom stereocenters. The van der Waals surface area contributed by atoms with Crippen molar-refractivity contribution in [2.24, 2.45) is 0 Å². The van der Waals surface area contributed by atoms with Gasteiger partial charge in [-0.05, 0) is 25.3 Å². The van der Waals surface area contributed by atoms with E-state index in [1.807, 2.05) is 13.2 Å². The number of nitrogens with zero attached hydrogens (tertiary/aromatic N) is 1. The van der Waals surface area contributed by atoms with E-state index in [1.165, 1.54) is 23.5 Å². The molecule has 0 saturated heterocycles. The molecule has 0 fully saturated rings. The minimum Gasteiger partial charge on any atom is -0.240 e. The van der Waals surface area contributed by atoms with Crippen LogP contribution in [0, 0.1) is 6.92 Å². The summed E-state index contributed by atoms with van der Waals surface area (Å²) in [6.07, 6.45) is -2.33. The third kappa shape index (κ3) is 2.70. The molecule has 0 aliphatic rings. The summed E-state index contributed by atoms with van der Waals surface area (Å²) >= 11 is 3.09. The van der Waals surface area contributed by atoms with Crippen LogP contribution in [0.4, 0.5) is 13.2 Å². The Labute approximate surface area is 111 Å². The fourth-order valence-corrected chi connectivity index (χ4v) is 3.21. The summed E-state index contributed by atoms with van der Waals surface area (Å²) in [5, 5.41) is 0.755. The number of halogens is 3. The van der Waals surface area contributed by atoms with E-state index in [1.54, 1.807) is 11.8 Å². The Kier molecular flexibility index (Phi) is 3.68. The highest BCUT2D eigenvalue weighted by Crippen LogP contribution is 2.35. The topological polar surface area (TPSA) is 12.9 Å². The largest absolute Gasteiger partial charge is 0.416 e. The van der Waals surface area contributed by atoms with E-state index in [2.05, 4.69) is 4.98 Å². The number of thiazole rings is 1. The molecule has 2 aromatic rings. The highest BCUT2D eigenvalue weighted by Gasteiger charge is 2.30. The second-order valence-corrected chi connectivity index (χ2v) is 5.75. The van der Waals surface area contributed by atoms with Crippen LogP contribution in [0.2, 0.25) is 0 Å². The number of rotatable bonds is 2. The van der Waals surface area contributed by atoms with Crippen LogP contribution in [0.1, 0.15) is 11.3 Å². The Morgan fingerprint density at radius 2 is 1.78 bits per heavy atom. The number of benzene rings is 1. The molecule has 1 heterocycles. The van der Waals surface area contributed by atoms with Crippen molar-refractivity contribution < 1.29 is 13.2 Å².